The van der Waals surface area contributed by atoms with Crippen LogP contribution in [0.25, 0.3) is 10.8 Å². The topological polar surface area (TPSA) is 24.5 Å². The SMILES string of the molecule is C=C(C)C[C@@H](c1ccc2cc(OC)ccc2c1)N1CCNCC1. The van der Waals surface area contributed by atoms with Crippen LogP contribution in [0.1, 0.15) is 24.9 Å². The molecule has 3 rings (SSSR count). The lowest BCUT2D eigenvalue weighted by Gasteiger charge is -2.35. The highest BCUT2D eigenvalue weighted by Gasteiger charge is 2.22. The Bertz CT molecular complexity index is 689. The first-order chi connectivity index (χ1) is 11.2. The molecule has 122 valence electrons. The van der Waals surface area contributed by atoms with Crippen LogP contribution in [0.2, 0.25) is 0 Å². The largest absolute Gasteiger partial charge is 0.497 e. The number of benzene rings is 2. The lowest BCUT2D eigenvalue weighted by atomic mass is 9.95. The van der Waals surface area contributed by atoms with Crippen molar-refractivity contribution in [3.8, 4) is 5.75 Å². The molecule has 1 N–H and O–H groups in total. The van der Waals surface area contributed by atoms with Gasteiger partial charge in [0.05, 0.1) is 7.11 Å². The first kappa shape index (κ1) is 16.0. The number of methoxy groups -OCH3 is 1. The molecule has 1 aliphatic rings. The fourth-order valence-corrected chi connectivity index (χ4v) is 3.36. The summed E-state index contributed by atoms with van der Waals surface area (Å²) < 4.78 is 5.32. The van der Waals surface area contributed by atoms with Gasteiger partial charge in [-0.3, -0.25) is 4.90 Å². The second-order valence-electron chi connectivity index (χ2n) is 6.44. The molecule has 23 heavy (non-hydrogen) atoms. The molecule has 0 saturated carbocycles. The van der Waals surface area contributed by atoms with Crippen LogP contribution in [0.15, 0.2) is 48.6 Å². The van der Waals surface area contributed by atoms with Gasteiger partial charge < -0.3 is 10.1 Å². The van der Waals surface area contributed by atoms with Crippen LogP contribution in [-0.4, -0.2) is 38.2 Å². The Morgan fingerprint density at radius 1 is 1.17 bits per heavy atom. The summed E-state index contributed by atoms with van der Waals surface area (Å²) in [7, 11) is 1.71. The van der Waals surface area contributed by atoms with Crippen LogP contribution in [0, 0.1) is 0 Å². The summed E-state index contributed by atoms with van der Waals surface area (Å²) in [5.41, 5.74) is 2.62. The molecule has 0 radical (unpaired) electrons. The van der Waals surface area contributed by atoms with E-state index in [2.05, 4.69) is 54.1 Å². The predicted octanol–water partition coefficient (Wildman–Crippen LogP) is 3.76. The Balaban J connectivity index is 1.94. The number of hydrogen-bond donors (Lipinski definition) is 1. The highest BCUT2D eigenvalue weighted by atomic mass is 16.5. The fourth-order valence-electron chi connectivity index (χ4n) is 3.36. The number of nitrogens with zero attached hydrogens (tertiary/aromatic N) is 1. The minimum absolute atomic E-state index is 0.418. The van der Waals surface area contributed by atoms with E-state index in [9.17, 15) is 0 Å². The average molecular weight is 310 g/mol. The van der Waals surface area contributed by atoms with Crippen LogP contribution < -0.4 is 10.1 Å². The van der Waals surface area contributed by atoms with E-state index in [1.54, 1.807) is 7.11 Å². The van der Waals surface area contributed by atoms with Gasteiger partial charge in [-0.15, -0.1) is 6.58 Å². The van der Waals surface area contributed by atoms with E-state index in [1.165, 1.54) is 21.9 Å². The minimum Gasteiger partial charge on any atom is -0.497 e. The van der Waals surface area contributed by atoms with Crippen molar-refractivity contribution in [1.82, 2.24) is 10.2 Å². The Labute approximate surface area is 138 Å². The smallest absolute Gasteiger partial charge is 0.119 e. The summed E-state index contributed by atoms with van der Waals surface area (Å²) in [5, 5.41) is 5.93. The molecule has 0 amide bonds. The van der Waals surface area contributed by atoms with E-state index < -0.39 is 0 Å². The monoisotopic (exact) mass is 310 g/mol. The normalized spacial score (nSPS) is 17.1. The van der Waals surface area contributed by atoms with Crippen molar-refractivity contribution in [1.29, 1.82) is 0 Å². The molecule has 2 aromatic carbocycles. The fraction of sp³-hybridized carbons (Fsp3) is 0.400. The second kappa shape index (κ2) is 7.16. The molecule has 0 aromatic heterocycles. The number of rotatable bonds is 5. The number of ether oxygens (including phenoxy) is 1. The van der Waals surface area contributed by atoms with E-state index in [0.29, 0.717) is 6.04 Å². The summed E-state index contributed by atoms with van der Waals surface area (Å²) in [6, 6.07) is 13.5. The van der Waals surface area contributed by atoms with E-state index in [4.69, 9.17) is 4.74 Å². The summed E-state index contributed by atoms with van der Waals surface area (Å²) >= 11 is 0. The Morgan fingerprint density at radius 2 is 1.87 bits per heavy atom. The molecule has 1 saturated heterocycles. The van der Waals surface area contributed by atoms with Crippen molar-refractivity contribution >= 4 is 10.8 Å². The zero-order chi connectivity index (χ0) is 16.2. The maximum atomic E-state index is 5.32. The minimum atomic E-state index is 0.418. The molecule has 3 nitrogen and oxygen atoms in total. The van der Waals surface area contributed by atoms with E-state index in [0.717, 1.165) is 38.3 Å². The van der Waals surface area contributed by atoms with Crippen molar-refractivity contribution in [2.45, 2.75) is 19.4 Å². The van der Waals surface area contributed by atoms with Gasteiger partial charge in [0.15, 0.2) is 0 Å². The molecule has 0 aliphatic carbocycles. The third-order valence-electron chi connectivity index (χ3n) is 4.59. The third kappa shape index (κ3) is 3.74. The second-order valence-corrected chi connectivity index (χ2v) is 6.44. The molecule has 0 unspecified atom stereocenters. The molecule has 3 heteroatoms. The molecular formula is C20H26N2O. The van der Waals surface area contributed by atoms with Gasteiger partial charge in [-0.05, 0) is 47.9 Å². The standard InChI is InChI=1S/C20H26N2O/c1-15(2)12-20(22-10-8-21-9-11-22)18-5-4-17-14-19(23-3)7-6-16(17)13-18/h4-7,13-14,20-21H,1,8-12H2,2-3H3/t20-/m0/s1. The van der Waals surface area contributed by atoms with Gasteiger partial charge in [0, 0.05) is 32.2 Å². The van der Waals surface area contributed by atoms with Gasteiger partial charge in [-0.25, -0.2) is 0 Å². The van der Waals surface area contributed by atoms with Gasteiger partial charge in [0.2, 0.25) is 0 Å². The van der Waals surface area contributed by atoms with Crippen molar-refractivity contribution in [3.63, 3.8) is 0 Å². The lowest BCUT2D eigenvalue weighted by molar-refractivity contribution is 0.172. The number of hydrogen-bond acceptors (Lipinski definition) is 3. The number of nitrogens with one attached hydrogen (secondary N) is 1. The zero-order valence-electron chi connectivity index (χ0n) is 14.1. The van der Waals surface area contributed by atoms with Crippen LogP contribution >= 0.6 is 0 Å². The van der Waals surface area contributed by atoms with Crippen molar-refractivity contribution in [2.75, 3.05) is 33.3 Å². The molecule has 1 heterocycles. The molecule has 1 fully saturated rings. The van der Waals surface area contributed by atoms with Crippen LogP contribution in [0.4, 0.5) is 0 Å². The number of piperazine rings is 1. The van der Waals surface area contributed by atoms with Crippen LogP contribution in [0.5, 0.6) is 5.75 Å². The van der Waals surface area contributed by atoms with Gasteiger partial charge in [0.1, 0.15) is 5.75 Å². The molecule has 1 aliphatic heterocycles. The first-order valence-corrected chi connectivity index (χ1v) is 8.34. The average Bonchev–Trinajstić information content (AvgIpc) is 2.59. The van der Waals surface area contributed by atoms with Crippen molar-refractivity contribution in [3.05, 3.63) is 54.1 Å². The maximum absolute atomic E-state index is 5.32. The predicted molar refractivity (Wildman–Crippen MR) is 97.1 cm³/mol. The quantitative estimate of drug-likeness (QED) is 0.851. The summed E-state index contributed by atoms with van der Waals surface area (Å²) in [5.74, 6) is 0.908. The molecule has 2 aromatic rings. The van der Waals surface area contributed by atoms with Gasteiger partial charge >= 0.3 is 0 Å². The number of fused-ring (bicyclic) bond motifs is 1. The van der Waals surface area contributed by atoms with Crippen molar-refractivity contribution < 1.29 is 4.74 Å². The summed E-state index contributed by atoms with van der Waals surface area (Å²) in [4.78, 5) is 2.58. The lowest BCUT2D eigenvalue weighted by Crippen LogP contribution is -2.45. The highest BCUT2D eigenvalue weighted by Crippen LogP contribution is 2.31. The van der Waals surface area contributed by atoms with Crippen LogP contribution in [-0.2, 0) is 0 Å². The molecule has 1 atom stereocenters. The van der Waals surface area contributed by atoms with E-state index >= 15 is 0 Å². The first-order valence-electron chi connectivity index (χ1n) is 8.34. The molecular weight excluding hydrogens is 284 g/mol. The van der Waals surface area contributed by atoms with Gasteiger partial charge in [-0.2, -0.15) is 0 Å². The van der Waals surface area contributed by atoms with Gasteiger partial charge in [-0.1, -0.05) is 23.8 Å². The Hall–Kier alpha value is -1.84. The summed E-state index contributed by atoms with van der Waals surface area (Å²) in [6.45, 7) is 10.6. The Kier molecular flexibility index (Phi) is 4.99. The molecule has 0 spiro atoms. The zero-order valence-corrected chi connectivity index (χ0v) is 14.1. The summed E-state index contributed by atoms with van der Waals surface area (Å²) in [6.07, 6.45) is 1.02. The van der Waals surface area contributed by atoms with Crippen LogP contribution in [0.3, 0.4) is 0 Å². The maximum Gasteiger partial charge on any atom is 0.119 e. The van der Waals surface area contributed by atoms with Crippen molar-refractivity contribution in [2.24, 2.45) is 0 Å². The van der Waals surface area contributed by atoms with E-state index in [1.807, 2.05) is 6.07 Å². The Morgan fingerprint density at radius 3 is 2.57 bits per heavy atom. The third-order valence-corrected chi connectivity index (χ3v) is 4.59. The van der Waals surface area contributed by atoms with E-state index in [-0.39, 0.29) is 0 Å². The van der Waals surface area contributed by atoms with Gasteiger partial charge in [0.25, 0.3) is 0 Å². The molecule has 0 bridgehead atoms. The highest BCUT2D eigenvalue weighted by molar-refractivity contribution is 5.84.